The number of benzene rings is 1. The van der Waals surface area contributed by atoms with Gasteiger partial charge in [-0.15, -0.1) is 0 Å². The summed E-state index contributed by atoms with van der Waals surface area (Å²) in [6.45, 7) is 0. The molecule has 2 rings (SSSR count). The van der Waals surface area contributed by atoms with Gasteiger partial charge < -0.3 is 9.47 Å². The normalized spacial score (nSPS) is 10.0. The van der Waals surface area contributed by atoms with Crippen LogP contribution in [0.1, 0.15) is 0 Å². The van der Waals surface area contributed by atoms with Gasteiger partial charge >= 0.3 is 12.1 Å². The monoisotopic (exact) mass is 254 g/mol. The van der Waals surface area contributed by atoms with Crippen molar-refractivity contribution in [3.05, 3.63) is 29.3 Å². The van der Waals surface area contributed by atoms with E-state index in [4.69, 9.17) is 16.3 Å². The molecule has 1 aromatic carbocycles. The lowest BCUT2D eigenvalue weighted by Gasteiger charge is -2.03. The van der Waals surface area contributed by atoms with Crippen molar-refractivity contribution >= 4 is 17.7 Å². The molecule has 0 fully saturated rings. The summed E-state index contributed by atoms with van der Waals surface area (Å²) in [5.41, 5.74) is 0. The Labute approximate surface area is 101 Å². The largest absolute Gasteiger partial charge is 0.451 e. The van der Waals surface area contributed by atoms with Crippen molar-refractivity contribution in [3.8, 4) is 11.8 Å². The number of hydrogen-bond donors (Lipinski definition) is 0. The third kappa shape index (κ3) is 2.51. The van der Waals surface area contributed by atoms with E-state index in [1.54, 1.807) is 24.3 Å². The third-order valence-corrected chi connectivity index (χ3v) is 2.06. The highest BCUT2D eigenvalue weighted by molar-refractivity contribution is 6.30. The molecule has 1 aromatic heterocycles. The number of aromatic nitrogens is 4. The Bertz CT molecular complexity index is 525. The third-order valence-electron chi connectivity index (χ3n) is 1.81. The highest BCUT2D eigenvalue weighted by Crippen LogP contribution is 2.20. The summed E-state index contributed by atoms with van der Waals surface area (Å²) in [5, 5.41) is 10.9. The lowest BCUT2D eigenvalue weighted by Crippen LogP contribution is -2.14. The Morgan fingerprint density at radius 1 is 1.35 bits per heavy atom. The summed E-state index contributed by atoms with van der Waals surface area (Å²) in [6.07, 6.45) is -0.737. The lowest BCUT2D eigenvalue weighted by molar-refractivity contribution is 0.165. The van der Waals surface area contributed by atoms with Crippen LogP contribution in [0.5, 0.6) is 11.8 Å². The van der Waals surface area contributed by atoms with Crippen LogP contribution in [0.2, 0.25) is 5.02 Å². The first-order valence-electron chi connectivity index (χ1n) is 4.51. The molecule has 0 bridgehead atoms. The van der Waals surface area contributed by atoms with Gasteiger partial charge in [0.25, 0.3) is 0 Å². The smallest absolute Gasteiger partial charge is 0.440 e. The van der Waals surface area contributed by atoms with E-state index in [0.717, 1.165) is 4.68 Å². The molecule has 0 amide bonds. The maximum Gasteiger partial charge on any atom is 0.440 e. The molecule has 2 aromatic rings. The number of nitrogens with zero attached hydrogens (tertiary/aromatic N) is 4. The summed E-state index contributed by atoms with van der Waals surface area (Å²) in [4.78, 5) is 11.2. The number of halogens is 1. The van der Waals surface area contributed by atoms with Crippen LogP contribution in [0.15, 0.2) is 24.3 Å². The van der Waals surface area contributed by atoms with Gasteiger partial charge in [-0.25, -0.2) is 4.79 Å². The van der Waals surface area contributed by atoms with Crippen LogP contribution in [0.4, 0.5) is 4.79 Å². The minimum absolute atomic E-state index is 0.0841. The molecule has 0 spiro atoms. The van der Waals surface area contributed by atoms with Gasteiger partial charge in [0.15, 0.2) is 0 Å². The molecule has 0 saturated carbocycles. The molecule has 8 heteroatoms. The number of carbonyl (C=O) groups excluding carboxylic acids is 1. The number of rotatable bonds is 2. The average molecular weight is 255 g/mol. The molecule has 1 heterocycles. The van der Waals surface area contributed by atoms with Crippen molar-refractivity contribution in [1.82, 2.24) is 20.2 Å². The summed E-state index contributed by atoms with van der Waals surface area (Å²) in [6, 6.07) is 6.45. The van der Waals surface area contributed by atoms with Crippen LogP contribution in [0.3, 0.4) is 0 Å². The molecule has 0 aliphatic rings. The molecule has 0 aliphatic heterocycles. The van der Waals surface area contributed by atoms with Crippen molar-refractivity contribution in [3.63, 3.8) is 0 Å². The highest BCUT2D eigenvalue weighted by atomic mass is 35.5. The van der Waals surface area contributed by atoms with Crippen LogP contribution in [0.25, 0.3) is 0 Å². The van der Waals surface area contributed by atoms with Crippen molar-refractivity contribution < 1.29 is 14.3 Å². The number of methoxy groups -OCH3 is 1. The minimum Gasteiger partial charge on any atom is -0.451 e. The van der Waals surface area contributed by atoms with E-state index >= 15 is 0 Å². The first kappa shape index (κ1) is 11.3. The average Bonchev–Trinajstić information content (AvgIpc) is 2.79. The van der Waals surface area contributed by atoms with Crippen LogP contribution in [0, 0.1) is 0 Å². The molecule has 0 unspecified atom stereocenters. The maximum atomic E-state index is 11.2. The Balaban J connectivity index is 2.21. The van der Waals surface area contributed by atoms with Gasteiger partial charge in [-0.1, -0.05) is 21.4 Å². The molecule has 88 valence electrons. The molecular formula is C9H7ClN4O3. The lowest BCUT2D eigenvalue weighted by atomic mass is 10.3. The fraction of sp³-hybridized carbons (Fsp3) is 0.111. The Morgan fingerprint density at radius 3 is 2.71 bits per heavy atom. The van der Waals surface area contributed by atoms with E-state index in [9.17, 15) is 4.79 Å². The van der Waals surface area contributed by atoms with Gasteiger partial charge in [-0.3, -0.25) is 0 Å². The number of carbonyl (C=O) groups is 1. The van der Waals surface area contributed by atoms with E-state index in [-0.39, 0.29) is 6.01 Å². The molecule has 0 aliphatic carbocycles. The summed E-state index contributed by atoms with van der Waals surface area (Å²) in [7, 11) is 1.22. The quantitative estimate of drug-likeness (QED) is 0.760. The zero-order valence-electron chi connectivity index (χ0n) is 8.70. The van der Waals surface area contributed by atoms with Gasteiger partial charge in [-0.2, -0.15) is 0 Å². The Morgan fingerprint density at radius 2 is 2.06 bits per heavy atom. The van der Waals surface area contributed by atoms with E-state index in [1.165, 1.54) is 7.11 Å². The van der Waals surface area contributed by atoms with Gasteiger partial charge in [0.05, 0.1) is 7.11 Å². The maximum absolute atomic E-state index is 11.2. The van der Waals surface area contributed by atoms with Gasteiger partial charge in [0.1, 0.15) is 5.75 Å². The van der Waals surface area contributed by atoms with Gasteiger partial charge in [-0.05, 0) is 34.7 Å². The van der Waals surface area contributed by atoms with Crippen molar-refractivity contribution in [1.29, 1.82) is 0 Å². The van der Waals surface area contributed by atoms with Gasteiger partial charge in [0.2, 0.25) is 0 Å². The topological polar surface area (TPSA) is 79.1 Å². The number of ether oxygens (including phenoxy) is 2. The van der Waals surface area contributed by atoms with Crippen molar-refractivity contribution in [2.24, 2.45) is 0 Å². The second-order valence-corrected chi connectivity index (χ2v) is 3.34. The predicted octanol–water partition coefficient (Wildman–Crippen LogP) is 1.73. The van der Waals surface area contributed by atoms with Crippen LogP contribution in [-0.2, 0) is 4.74 Å². The highest BCUT2D eigenvalue weighted by Gasteiger charge is 2.15. The summed E-state index contributed by atoms with van der Waals surface area (Å²) < 4.78 is 10.6. The van der Waals surface area contributed by atoms with Gasteiger partial charge in [0, 0.05) is 5.02 Å². The Hall–Kier alpha value is -2.15. The fourth-order valence-corrected chi connectivity index (χ4v) is 1.18. The van der Waals surface area contributed by atoms with Crippen molar-refractivity contribution in [2.75, 3.05) is 7.11 Å². The molecule has 0 radical (unpaired) electrons. The predicted molar refractivity (Wildman–Crippen MR) is 57.1 cm³/mol. The van der Waals surface area contributed by atoms with Crippen LogP contribution in [-0.4, -0.2) is 33.4 Å². The standard InChI is InChI=1S/C9H7ClN4O3/c1-16-9(15)14-8(11-12-13-14)17-7-4-2-6(10)3-5-7/h2-5H,1H3. The summed E-state index contributed by atoms with van der Waals surface area (Å²) >= 11 is 5.72. The van der Waals surface area contributed by atoms with E-state index < -0.39 is 6.09 Å². The van der Waals surface area contributed by atoms with E-state index in [2.05, 4.69) is 20.3 Å². The minimum atomic E-state index is -0.737. The Kier molecular flexibility index (Phi) is 3.20. The molecule has 0 N–H and O–H groups in total. The summed E-state index contributed by atoms with van der Waals surface area (Å²) in [5.74, 6) is 0.453. The molecule has 17 heavy (non-hydrogen) atoms. The van der Waals surface area contributed by atoms with Crippen LogP contribution >= 0.6 is 11.6 Å². The molecule has 7 nitrogen and oxygen atoms in total. The molecular weight excluding hydrogens is 248 g/mol. The second-order valence-electron chi connectivity index (χ2n) is 2.90. The number of hydrogen-bond acceptors (Lipinski definition) is 6. The second kappa shape index (κ2) is 4.79. The molecule has 0 saturated heterocycles. The van der Waals surface area contributed by atoms with E-state index in [1.807, 2.05) is 0 Å². The zero-order valence-corrected chi connectivity index (χ0v) is 9.46. The zero-order chi connectivity index (χ0) is 12.3. The van der Waals surface area contributed by atoms with Crippen LogP contribution < -0.4 is 4.74 Å². The van der Waals surface area contributed by atoms with Crippen molar-refractivity contribution in [2.45, 2.75) is 0 Å². The SMILES string of the molecule is COC(=O)n1nnnc1Oc1ccc(Cl)cc1. The number of tetrazole rings is 1. The molecule has 0 atom stereocenters. The first-order chi connectivity index (χ1) is 8.20. The fourth-order valence-electron chi connectivity index (χ4n) is 1.05. The van der Waals surface area contributed by atoms with E-state index in [0.29, 0.717) is 10.8 Å². The first-order valence-corrected chi connectivity index (χ1v) is 4.88.